The minimum atomic E-state index is 0.132. The van der Waals surface area contributed by atoms with E-state index in [1.807, 2.05) is 6.92 Å². The third-order valence-electron chi connectivity index (χ3n) is 1.30. The van der Waals surface area contributed by atoms with Gasteiger partial charge in [-0.2, -0.15) is 0 Å². The normalized spacial score (nSPS) is 9.91. The summed E-state index contributed by atoms with van der Waals surface area (Å²) >= 11 is 1.28. The van der Waals surface area contributed by atoms with Crippen LogP contribution in [-0.2, 0) is 5.75 Å². The van der Waals surface area contributed by atoms with Crippen LogP contribution in [0.25, 0.3) is 0 Å². The number of nitrogens with zero attached hydrogens (tertiary/aromatic N) is 1. The quantitative estimate of drug-likeness (QED) is 0.454. The Morgan fingerprint density at radius 1 is 1.91 bits per heavy atom. The molecule has 0 saturated carbocycles. The van der Waals surface area contributed by atoms with Crippen LogP contribution in [0, 0.1) is 12.3 Å². The molecule has 1 aromatic heterocycles. The van der Waals surface area contributed by atoms with Gasteiger partial charge in [-0.25, -0.2) is 4.98 Å². The highest BCUT2D eigenvalue weighted by molar-refractivity contribution is 8.13. The van der Waals surface area contributed by atoms with Gasteiger partial charge in [0.05, 0.1) is 12.0 Å². The summed E-state index contributed by atoms with van der Waals surface area (Å²) in [6, 6.07) is 0. The molecule has 4 N–H and O–H groups in total. The molecule has 0 amide bonds. The first-order valence-electron chi connectivity index (χ1n) is 3.16. The molecular formula is C6H10N4S. The van der Waals surface area contributed by atoms with Gasteiger partial charge in [-0.05, 0) is 6.92 Å². The van der Waals surface area contributed by atoms with Crippen molar-refractivity contribution in [2.75, 3.05) is 0 Å². The predicted octanol–water partition coefficient (Wildman–Crippen LogP) is 0.845. The van der Waals surface area contributed by atoms with E-state index < -0.39 is 0 Å². The van der Waals surface area contributed by atoms with Gasteiger partial charge < -0.3 is 10.7 Å². The fourth-order valence-corrected chi connectivity index (χ4v) is 1.26. The summed E-state index contributed by atoms with van der Waals surface area (Å²) in [6.07, 6.45) is 1.64. The molecule has 5 heteroatoms. The van der Waals surface area contributed by atoms with E-state index >= 15 is 0 Å². The van der Waals surface area contributed by atoms with Crippen molar-refractivity contribution in [2.24, 2.45) is 5.73 Å². The lowest BCUT2D eigenvalue weighted by molar-refractivity contribution is 1.19. The van der Waals surface area contributed by atoms with E-state index in [1.54, 1.807) is 6.33 Å². The van der Waals surface area contributed by atoms with Crippen molar-refractivity contribution in [2.45, 2.75) is 12.7 Å². The van der Waals surface area contributed by atoms with Crippen molar-refractivity contribution in [3.8, 4) is 0 Å². The predicted molar refractivity (Wildman–Crippen MR) is 46.5 cm³/mol. The van der Waals surface area contributed by atoms with E-state index in [0.717, 1.165) is 11.4 Å². The summed E-state index contributed by atoms with van der Waals surface area (Å²) in [6.45, 7) is 1.95. The highest BCUT2D eigenvalue weighted by Crippen LogP contribution is 2.10. The molecule has 0 unspecified atom stereocenters. The summed E-state index contributed by atoms with van der Waals surface area (Å²) in [5.74, 6) is 0.671. The first-order chi connectivity index (χ1) is 5.20. The number of H-pyrrole nitrogens is 1. The molecule has 0 aliphatic carbocycles. The molecule has 60 valence electrons. The van der Waals surface area contributed by atoms with Gasteiger partial charge >= 0.3 is 0 Å². The van der Waals surface area contributed by atoms with Crippen LogP contribution in [-0.4, -0.2) is 15.1 Å². The lowest BCUT2D eigenvalue weighted by atomic mass is 10.4. The number of thioether (sulfide) groups is 1. The molecule has 0 atom stereocenters. The minimum Gasteiger partial charge on any atom is -0.379 e. The zero-order valence-electron chi connectivity index (χ0n) is 6.22. The summed E-state index contributed by atoms with van der Waals surface area (Å²) in [7, 11) is 0. The molecule has 1 aromatic rings. The Bertz CT molecular complexity index is 255. The average molecular weight is 170 g/mol. The van der Waals surface area contributed by atoms with Crippen LogP contribution in [0.2, 0.25) is 0 Å². The van der Waals surface area contributed by atoms with Crippen LogP contribution >= 0.6 is 11.8 Å². The second-order valence-electron chi connectivity index (χ2n) is 2.13. The number of amidine groups is 1. The summed E-state index contributed by atoms with van der Waals surface area (Å²) in [4.78, 5) is 7.02. The smallest absolute Gasteiger partial charge is 0.151 e. The van der Waals surface area contributed by atoms with Gasteiger partial charge in [-0.15, -0.1) is 0 Å². The molecule has 1 rings (SSSR count). The van der Waals surface area contributed by atoms with Crippen LogP contribution in [0.5, 0.6) is 0 Å². The molecule has 4 nitrogen and oxygen atoms in total. The van der Waals surface area contributed by atoms with Crippen molar-refractivity contribution in [1.29, 1.82) is 5.41 Å². The Morgan fingerprint density at radius 3 is 3.09 bits per heavy atom. The standard InChI is InChI=1S/C6H10N4S/c1-4-5(10-3-9-4)2-11-6(7)8/h3H,2H2,1H3,(H3,7,8)(H,9,10). The highest BCUT2D eigenvalue weighted by Gasteiger charge is 2.00. The van der Waals surface area contributed by atoms with Crippen molar-refractivity contribution in [3.05, 3.63) is 17.7 Å². The Kier molecular flexibility index (Phi) is 2.53. The lowest BCUT2D eigenvalue weighted by Crippen LogP contribution is -2.04. The Balaban J connectivity index is 2.51. The zero-order valence-corrected chi connectivity index (χ0v) is 7.03. The lowest BCUT2D eigenvalue weighted by Gasteiger charge is -1.95. The van der Waals surface area contributed by atoms with Crippen LogP contribution < -0.4 is 5.73 Å². The second kappa shape index (κ2) is 3.43. The third kappa shape index (κ3) is 2.27. The highest BCUT2D eigenvalue weighted by atomic mass is 32.2. The van der Waals surface area contributed by atoms with Gasteiger partial charge in [0.15, 0.2) is 5.17 Å². The van der Waals surface area contributed by atoms with Gasteiger partial charge in [0, 0.05) is 11.4 Å². The summed E-state index contributed by atoms with van der Waals surface area (Å²) in [5, 5.41) is 7.10. The summed E-state index contributed by atoms with van der Waals surface area (Å²) < 4.78 is 0. The average Bonchev–Trinajstić information content (AvgIpc) is 2.31. The van der Waals surface area contributed by atoms with Crippen molar-refractivity contribution < 1.29 is 0 Å². The largest absolute Gasteiger partial charge is 0.379 e. The number of aromatic nitrogens is 2. The number of aryl methyl sites for hydroxylation is 1. The molecule has 0 fully saturated rings. The molecule has 0 aromatic carbocycles. The fraction of sp³-hybridized carbons (Fsp3) is 0.333. The van der Waals surface area contributed by atoms with Gasteiger partial charge in [-0.3, -0.25) is 5.41 Å². The Labute approximate surface area is 69.1 Å². The Morgan fingerprint density at radius 2 is 2.64 bits per heavy atom. The van der Waals surface area contributed by atoms with Crippen LogP contribution in [0.3, 0.4) is 0 Å². The van der Waals surface area contributed by atoms with Crippen molar-refractivity contribution >= 4 is 16.9 Å². The maximum atomic E-state index is 6.97. The number of aromatic amines is 1. The maximum Gasteiger partial charge on any atom is 0.151 e. The molecular weight excluding hydrogens is 160 g/mol. The number of nitrogens with two attached hydrogens (primary N) is 1. The molecule has 1 heterocycles. The minimum absolute atomic E-state index is 0.132. The van der Waals surface area contributed by atoms with E-state index in [2.05, 4.69) is 9.97 Å². The van der Waals surface area contributed by atoms with E-state index in [-0.39, 0.29) is 5.17 Å². The fourth-order valence-electron chi connectivity index (χ4n) is 0.679. The zero-order chi connectivity index (χ0) is 8.27. The molecule has 0 bridgehead atoms. The molecule has 0 aliphatic rings. The monoisotopic (exact) mass is 170 g/mol. The molecule has 0 aliphatic heterocycles. The van der Waals surface area contributed by atoms with Crippen LogP contribution in [0.4, 0.5) is 0 Å². The van der Waals surface area contributed by atoms with Crippen LogP contribution in [0.1, 0.15) is 11.4 Å². The SMILES string of the molecule is Cc1[nH]cnc1CSC(=N)N. The van der Waals surface area contributed by atoms with E-state index in [1.165, 1.54) is 11.8 Å². The number of imidazole rings is 1. The molecule has 0 saturated heterocycles. The number of nitrogens with one attached hydrogen (secondary N) is 2. The number of hydrogen-bond acceptors (Lipinski definition) is 3. The number of rotatable bonds is 2. The van der Waals surface area contributed by atoms with E-state index in [9.17, 15) is 0 Å². The van der Waals surface area contributed by atoms with Gasteiger partial charge in [0.1, 0.15) is 0 Å². The molecule has 11 heavy (non-hydrogen) atoms. The maximum absolute atomic E-state index is 6.97. The molecule has 0 spiro atoms. The van der Waals surface area contributed by atoms with Crippen LogP contribution in [0.15, 0.2) is 6.33 Å². The number of hydrogen-bond donors (Lipinski definition) is 3. The topological polar surface area (TPSA) is 78.5 Å². The first kappa shape index (κ1) is 8.13. The van der Waals surface area contributed by atoms with Gasteiger partial charge in [0.2, 0.25) is 0 Å². The Hall–Kier alpha value is -0.970. The van der Waals surface area contributed by atoms with E-state index in [0.29, 0.717) is 5.75 Å². The third-order valence-corrected chi connectivity index (χ3v) is 2.03. The van der Waals surface area contributed by atoms with Gasteiger partial charge in [-0.1, -0.05) is 11.8 Å². The van der Waals surface area contributed by atoms with Gasteiger partial charge in [0.25, 0.3) is 0 Å². The van der Waals surface area contributed by atoms with Crippen molar-refractivity contribution in [1.82, 2.24) is 9.97 Å². The first-order valence-corrected chi connectivity index (χ1v) is 4.14. The van der Waals surface area contributed by atoms with E-state index in [4.69, 9.17) is 11.1 Å². The second-order valence-corrected chi connectivity index (χ2v) is 3.14. The van der Waals surface area contributed by atoms with Crippen molar-refractivity contribution in [3.63, 3.8) is 0 Å². The molecule has 0 radical (unpaired) electrons. The summed E-state index contributed by atoms with van der Waals surface area (Å²) in [5.41, 5.74) is 7.17.